The van der Waals surface area contributed by atoms with Gasteiger partial charge in [-0.3, -0.25) is 4.79 Å². The summed E-state index contributed by atoms with van der Waals surface area (Å²) in [5, 5.41) is 0.623. The summed E-state index contributed by atoms with van der Waals surface area (Å²) in [5.41, 5.74) is 3.17. The molecule has 0 unspecified atom stereocenters. The highest BCUT2D eigenvalue weighted by Crippen LogP contribution is 2.29. The van der Waals surface area contributed by atoms with Crippen molar-refractivity contribution in [2.24, 2.45) is 0 Å². The van der Waals surface area contributed by atoms with Crippen LogP contribution in [0.1, 0.15) is 23.1 Å². The van der Waals surface area contributed by atoms with Crippen molar-refractivity contribution in [3.8, 4) is 5.75 Å². The van der Waals surface area contributed by atoms with Crippen molar-refractivity contribution in [1.29, 1.82) is 0 Å². The van der Waals surface area contributed by atoms with Crippen molar-refractivity contribution in [2.75, 3.05) is 73.0 Å². The second-order valence-corrected chi connectivity index (χ2v) is 12.7. The molecule has 11 heteroatoms. The van der Waals surface area contributed by atoms with Gasteiger partial charge in [0.15, 0.2) is 0 Å². The number of rotatable bonds is 12. The molecule has 0 spiro atoms. The number of methoxy groups -OCH3 is 1. The number of likely N-dealkylation sites (N-methyl/N-ethyl adjacent to an activating group) is 3. The molecule has 0 radical (unpaired) electrons. The van der Waals surface area contributed by atoms with E-state index in [1.54, 1.807) is 45.0 Å². The number of aryl methyl sites for hydroxylation is 2. The van der Waals surface area contributed by atoms with Gasteiger partial charge in [0, 0.05) is 57.0 Å². The maximum Gasteiger partial charge on any atom is 0.248 e. The van der Waals surface area contributed by atoms with Gasteiger partial charge in [-0.2, -0.15) is 4.31 Å². The van der Waals surface area contributed by atoms with Crippen molar-refractivity contribution in [3.05, 3.63) is 52.0 Å². The van der Waals surface area contributed by atoms with Crippen molar-refractivity contribution in [3.63, 3.8) is 0 Å². The summed E-state index contributed by atoms with van der Waals surface area (Å²) in [5.74, 6) is 0.399. The number of halogens is 1. The molecule has 0 aliphatic carbocycles. The molecule has 0 aromatic heterocycles. The molecule has 3 rings (SSSR count). The zero-order chi connectivity index (χ0) is 28.9. The molecule has 0 N–H and O–H groups in total. The first-order valence-corrected chi connectivity index (χ1v) is 14.8. The fraction of sp³-hybridized carbons (Fsp3) is 0.536. The summed E-state index contributed by atoms with van der Waals surface area (Å²) >= 11 is 6.57. The fourth-order valence-electron chi connectivity index (χ4n) is 4.78. The van der Waals surface area contributed by atoms with Gasteiger partial charge < -0.3 is 24.2 Å². The second-order valence-electron chi connectivity index (χ2n) is 10.3. The lowest BCUT2D eigenvalue weighted by Gasteiger charge is -2.23. The largest absolute Gasteiger partial charge is 0.497 e. The van der Waals surface area contributed by atoms with Crippen molar-refractivity contribution in [2.45, 2.75) is 37.8 Å². The van der Waals surface area contributed by atoms with E-state index >= 15 is 0 Å². The van der Waals surface area contributed by atoms with E-state index in [2.05, 4.69) is 30.0 Å². The Hall–Kier alpha value is -2.37. The van der Waals surface area contributed by atoms with E-state index in [1.165, 1.54) is 11.4 Å². The molecule has 2 aromatic rings. The molecular weight excluding hydrogens is 540 g/mol. The van der Waals surface area contributed by atoms with E-state index in [-0.39, 0.29) is 30.6 Å². The summed E-state index contributed by atoms with van der Waals surface area (Å²) in [6.07, 6.45) is 1.12. The van der Waals surface area contributed by atoms with E-state index in [1.807, 2.05) is 12.1 Å². The maximum absolute atomic E-state index is 13.1. The van der Waals surface area contributed by atoms with Gasteiger partial charge in [-0.1, -0.05) is 17.7 Å². The van der Waals surface area contributed by atoms with Crippen LogP contribution in [0.5, 0.6) is 5.75 Å². The summed E-state index contributed by atoms with van der Waals surface area (Å²) in [6, 6.07) is 9.91. The van der Waals surface area contributed by atoms with Crippen molar-refractivity contribution < 1.29 is 22.7 Å². The third kappa shape index (κ3) is 7.64. The van der Waals surface area contributed by atoms with E-state index < -0.39 is 10.0 Å². The van der Waals surface area contributed by atoms with Crippen LogP contribution in [0.2, 0.25) is 5.02 Å². The van der Waals surface area contributed by atoms with Crippen LogP contribution in [0.4, 0.5) is 5.69 Å². The quantitative estimate of drug-likeness (QED) is 0.356. The van der Waals surface area contributed by atoms with Crippen molar-refractivity contribution >= 4 is 33.2 Å². The first kappa shape index (κ1) is 31.2. The van der Waals surface area contributed by atoms with Crippen LogP contribution in [-0.2, 0) is 26.1 Å². The monoisotopic (exact) mass is 580 g/mol. The smallest absolute Gasteiger partial charge is 0.248 e. The van der Waals surface area contributed by atoms with E-state index in [4.69, 9.17) is 21.1 Å². The molecular formula is C28H41ClN4O5S. The first-order valence-electron chi connectivity index (χ1n) is 13.0. The summed E-state index contributed by atoms with van der Waals surface area (Å²) in [7, 11) is 5.23. The standard InChI is InChI=1S/C28H41ClN4O5S/c1-20-14-25(37-7)15-21(2)28(20)39(35,36)32(6)12-13-38-19-27(34)31(5)17-22-8-9-23(16-26(22)29)33-11-10-24(18-33)30(3)4/h8-9,14-16,24H,10-13,17-19H2,1-7H3/t24-/m1/s1. The average molecular weight is 581 g/mol. The molecule has 1 heterocycles. The minimum Gasteiger partial charge on any atom is -0.497 e. The predicted molar refractivity (Wildman–Crippen MR) is 155 cm³/mol. The summed E-state index contributed by atoms with van der Waals surface area (Å²) in [6.45, 7) is 5.85. The number of hydrogen-bond acceptors (Lipinski definition) is 7. The Labute approximate surface area is 238 Å². The topological polar surface area (TPSA) is 82.6 Å². The fourth-order valence-corrected chi connectivity index (χ4v) is 6.57. The minimum atomic E-state index is -3.72. The number of amides is 1. The number of nitrogens with zero attached hydrogens (tertiary/aromatic N) is 4. The molecule has 9 nitrogen and oxygen atoms in total. The van der Waals surface area contributed by atoms with E-state index in [0.29, 0.717) is 34.5 Å². The van der Waals surface area contributed by atoms with Gasteiger partial charge >= 0.3 is 0 Å². The maximum atomic E-state index is 13.1. The Morgan fingerprint density at radius 2 is 1.77 bits per heavy atom. The van der Waals surface area contributed by atoms with Crippen LogP contribution < -0.4 is 9.64 Å². The number of ether oxygens (including phenoxy) is 2. The number of benzene rings is 2. The highest BCUT2D eigenvalue weighted by atomic mass is 35.5. The highest BCUT2D eigenvalue weighted by Gasteiger charge is 2.26. The van der Waals surface area contributed by atoms with Crippen LogP contribution in [-0.4, -0.2) is 103 Å². The van der Waals surface area contributed by atoms with Gasteiger partial charge in [-0.25, -0.2) is 8.42 Å². The Kier molecular flexibility index (Phi) is 10.6. The second kappa shape index (κ2) is 13.3. The van der Waals surface area contributed by atoms with Gasteiger partial charge in [0.25, 0.3) is 0 Å². The summed E-state index contributed by atoms with van der Waals surface area (Å²) < 4.78 is 38.3. The third-order valence-corrected chi connectivity index (χ3v) is 9.76. The van der Waals surface area contributed by atoms with Gasteiger partial charge in [0.1, 0.15) is 12.4 Å². The van der Waals surface area contributed by atoms with Crippen LogP contribution in [0.3, 0.4) is 0 Å². The molecule has 1 saturated heterocycles. The highest BCUT2D eigenvalue weighted by molar-refractivity contribution is 7.89. The Bertz CT molecular complexity index is 1250. The molecule has 0 saturated carbocycles. The SMILES string of the molecule is COc1cc(C)c(S(=O)(=O)N(C)CCOCC(=O)N(C)Cc2ccc(N3CC[C@@H](N(C)C)C3)cc2Cl)c(C)c1. The Morgan fingerprint density at radius 1 is 1.10 bits per heavy atom. The van der Waals surface area contributed by atoms with Crippen LogP contribution in [0.25, 0.3) is 0 Å². The molecule has 1 fully saturated rings. The Balaban J connectivity index is 1.49. The Morgan fingerprint density at radius 3 is 2.33 bits per heavy atom. The number of anilines is 1. The van der Waals surface area contributed by atoms with Gasteiger partial charge in [0.05, 0.1) is 18.6 Å². The number of carbonyl (C=O) groups is 1. The van der Waals surface area contributed by atoms with Crippen molar-refractivity contribution in [1.82, 2.24) is 14.1 Å². The normalized spacial score (nSPS) is 15.8. The average Bonchev–Trinajstić information content (AvgIpc) is 3.37. The van der Waals surface area contributed by atoms with Gasteiger partial charge in [-0.05, 0) is 75.3 Å². The molecule has 216 valence electrons. The number of hydrogen-bond donors (Lipinski definition) is 0. The lowest BCUT2D eigenvalue weighted by molar-refractivity contribution is -0.135. The summed E-state index contributed by atoms with van der Waals surface area (Å²) in [4.78, 5) is 19.0. The number of carbonyl (C=O) groups excluding carboxylic acids is 1. The first-order chi connectivity index (χ1) is 18.3. The lowest BCUT2D eigenvalue weighted by Crippen LogP contribution is -2.33. The zero-order valence-electron chi connectivity index (χ0n) is 24.0. The molecule has 0 bridgehead atoms. The zero-order valence-corrected chi connectivity index (χ0v) is 25.6. The molecule has 1 amide bonds. The molecule has 1 aliphatic heterocycles. The third-order valence-electron chi connectivity index (χ3n) is 7.24. The predicted octanol–water partition coefficient (Wildman–Crippen LogP) is 3.40. The van der Waals surface area contributed by atoms with E-state index in [9.17, 15) is 13.2 Å². The van der Waals surface area contributed by atoms with Gasteiger partial charge in [0.2, 0.25) is 15.9 Å². The lowest BCUT2D eigenvalue weighted by atomic mass is 10.1. The number of sulfonamides is 1. The van der Waals surface area contributed by atoms with E-state index in [0.717, 1.165) is 30.8 Å². The minimum absolute atomic E-state index is 0.0861. The van der Waals surface area contributed by atoms with Crippen LogP contribution in [0.15, 0.2) is 35.2 Å². The van der Waals surface area contributed by atoms with Gasteiger partial charge in [-0.15, -0.1) is 0 Å². The van der Waals surface area contributed by atoms with Crippen LogP contribution >= 0.6 is 11.6 Å². The molecule has 1 atom stereocenters. The molecule has 2 aromatic carbocycles. The van der Waals surface area contributed by atoms with Crippen LogP contribution in [0, 0.1) is 13.8 Å². The molecule has 39 heavy (non-hydrogen) atoms. The molecule has 1 aliphatic rings.